The van der Waals surface area contributed by atoms with Crippen LogP contribution in [0.25, 0.3) is 0 Å². The molecule has 4 N–H and O–H groups in total. The van der Waals surface area contributed by atoms with Crippen molar-refractivity contribution < 1.29 is 39.1 Å². The number of hydrogen-bond donors (Lipinski definition) is 4. The highest BCUT2D eigenvalue weighted by molar-refractivity contribution is 7.99. The second-order valence-corrected chi connectivity index (χ2v) is 15.9. The van der Waals surface area contributed by atoms with Crippen molar-refractivity contribution in [1.29, 1.82) is 0 Å². The van der Waals surface area contributed by atoms with Crippen LogP contribution in [-0.2, 0) is 27.9 Å². The van der Waals surface area contributed by atoms with E-state index in [1.54, 1.807) is 24.9 Å². The second kappa shape index (κ2) is 11.2. The molecule has 0 saturated carbocycles. The third kappa shape index (κ3) is 4.11. The third-order valence-corrected chi connectivity index (χ3v) is 13.9. The number of nitrogens with one attached hydrogen (secondary N) is 1. The molecule has 264 valence electrons. The molecule has 0 unspecified atom stereocenters. The summed E-state index contributed by atoms with van der Waals surface area (Å²) in [4.78, 5) is 18.9. The summed E-state index contributed by atoms with van der Waals surface area (Å²) in [5.41, 5.74) is 8.01. The molecule has 3 aromatic rings. The molecule has 4 bridgehead atoms. The largest absolute Gasteiger partial charge is 0.508 e. The van der Waals surface area contributed by atoms with Crippen molar-refractivity contribution in [3.8, 4) is 28.7 Å². The minimum Gasteiger partial charge on any atom is -0.508 e. The monoisotopic (exact) mass is 701 g/mol. The minimum absolute atomic E-state index is 0.0237. The Kier molecular flexibility index (Phi) is 7.20. The summed E-state index contributed by atoms with van der Waals surface area (Å²) in [6.07, 6.45) is 0.294. The number of phenols is 2. The van der Waals surface area contributed by atoms with Crippen LogP contribution in [0.2, 0.25) is 0 Å². The van der Waals surface area contributed by atoms with Gasteiger partial charge in [-0.15, -0.1) is 11.8 Å². The summed E-state index contributed by atoms with van der Waals surface area (Å²) in [6, 6.07) is 4.28. The number of nitrogens with zero attached hydrogens (tertiary/aromatic N) is 2. The average Bonchev–Trinajstić information content (AvgIpc) is 3.58. The smallest absolute Gasteiger partial charge is 0.331 e. The number of ether oxygens (including phenoxy) is 4. The lowest BCUT2D eigenvalue weighted by Gasteiger charge is -2.62. The Morgan fingerprint density at radius 3 is 2.54 bits per heavy atom. The highest BCUT2D eigenvalue weighted by atomic mass is 32.2. The van der Waals surface area contributed by atoms with Gasteiger partial charge in [-0.05, 0) is 104 Å². The van der Waals surface area contributed by atoms with Gasteiger partial charge in [0.25, 0.3) is 0 Å². The lowest BCUT2D eigenvalue weighted by Crippen LogP contribution is -2.70. The van der Waals surface area contributed by atoms with E-state index >= 15 is 0 Å². The van der Waals surface area contributed by atoms with Gasteiger partial charge in [0.05, 0.1) is 25.2 Å². The fourth-order valence-electron chi connectivity index (χ4n) is 9.92. The zero-order valence-electron chi connectivity index (χ0n) is 29.1. The first-order chi connectivity index (χ1) is 24.0. The number of benzene rings is 3. The molecule has 1 spiro atoms. The zero-order valence-corrected chi connectivity index (χ0v) is 29.9. The van der Waals surface area contributed by atoms with Crippen molar-refractivity contribution in [2.75, 3.05) is 39.9 Å². The standard InChI is InChI=1S/C38H43N3O8S/c1-16-10-22-20(12-25(16)42)7-8-39-38(22)14-50-35-26-18(3)19(4)33-34(49-15-48-33)28(26)24(13-47-37(38)45)41-30(35)29-27-21(11-23(36(41)44)40(29)5)9-17(2)32(46-6)31(27)43/h9-10,12,23-24,29-30,35-36,39,42-44H,7-8,11,13-15H2,1-6H3/t23-,24-,29+,30+,35+,36-,38+/m0/s1. The number of fused-ring (bicyclic) bond motifs is 9. The van der Waals surface area contributed by atoms with Crippen molar-refractivity contribution in [2.24, 2.45) is 0 Å². The number of hydrogen-bond acceptors (Lipinski definition) is 12. The molecule has 12 heteroatoms. The maximum absolute atomic E-state index is 14.6. The van der Waals surface area contributed by atoms with E-state index < -0.39 is 17.8 Å². The van der Waals surface area contributed by atoms with E-state index in [1.807, 2.05) is 27.0 Å². The number of piperazine rings is 1. The van der Waals surface area contributed by atoms with Crippen LogP contribution in [0, 0.1) is 27.7 Å². The molecule has 0 aliphatic carbocycles. The van der Waals surface area contributed by atoms with Crippen LogP contribution >= 0.6 is 11.8 Å². The number of aliphatic hydroxyl groups excluding tert-OH is 1. The molecular weight excluding hydrogens is 658 g/mol. The summed E-state index contributed by atoms with van der Waals surface area (Å²) in [6.45, 7) is 8.58. The first-order valence-electron chi connectivity index (χ1n) is 17.3. The molecule has 2 saturated heterocycles. The van der Waals surface area contributed by atoms with Crippen LogP contribution in [0.4, 0.5) is 0 Å². The number of likely N-dealkylation sites (N-methyl/N-ethyl adjacent to an activating group) is 1. The molecule has 7 atom stereocenters. The number of aliphatic hydroxyl groups is 1. The van der Waals surface area contributed by atoms with Crippen LogP contribution in [0.3, 0.4) is 0 Å². The minimum atomic E-state index is -1.16. The zero-order chi connectivity index (χ0) is 35.0. The number of aryl methyl sites for hydroxylation is 2. The van der Waals surface area contributed by atoms with E-state index in [9.17, 15) is 20.1 Å². The van der Waals surface area contributed by atoms with Crippen LogP contribution in [0.15, 0.2) is 18.2 Å². The molecule has 0 amide bonds. The van der Waals surface area contributed by atoms with Gasteiger partial charge in [0, 0.05) is 34.7 Å². The normalized spacial score (nSPS) is 31.1. The quantitative estimate of drug-likeness (QED) is 0.273. The van der Waals surface area contributed by atoms with Gasteiger partial charge in [0.2, 0.25) is 6.79 Å². The van der Waals surface area contributed by atoms with Crippen molar-refractivity contribution in [3.05, 3.63) is 73.8 Å². The summed E-state index contributed by atoms with van der Waals surface area (Å²) < 4.78 is 24.4. The Labute approximate surface area is 295 Å². The number of carbonyl (C=O) groups excluding carboxylic acids is 1. The molecular formula is C38H43N3O8S. The lowest BCUT2D eigenvalue weighted by atomic mass is 9.72. The first-order valence-corrected chi connectivity index (χ1v) is 18.4. The van der Waals surface area contributed by atoms with Gasteiger partial charge in [-0.2, -0.15) is 0 Å². The molecule has 0 radical (unpaired) electrons. The Balaban J connectivity index is 1.30. The van der Waals surface area contributed by atoms with Crippen molar-refractivity contribution in [2.45, 2.75) is 81.7 Å². The number of carbonyl (C=O) groups is 1. The maximum Gasteiger partial charge on any atom is 0.331 e. The van der Waals surface area contributed by atoms with Crippen LogP contribution in [-0.4, -0.2) is 89.3 Å². The lowest BCUT2D eigenvalue weighted by molar-refractivity contribution is -0.186. The van der Waals surface area contributed by atoms with Crippen molar-refractivity contribution in [1.82, 2.24) is 15.1 Å². The topological polar surface area (TPSA) is 133 Å². The number of phenolic OH excluding ortho intramolecular Hbond substituents is 2. The van der Waals surface area contributed by atoms with E-state index in [1.165, 1.54) is 0 Å². The van der Waals surface area contributed by atoms with Crippen LogP contribution in [0.1, 0.15) is 73.0 Å². The molecule has 0 aromatic heterocycles. The van der Waals surface area contributed by atoms with E-state index in [-0.39, 0.29) is 54.2 Å². The highest BCUT2D eigenvalue weighted by Gasteiger charge is 2.61. The van der Waals surface area contributed by atoms with E-state index in [0.29, 0.717) is 48.0 Å². The number of rotatable bonds is 1. The summed E-state index contributed by atoms with van der Waals surface area (Å²) >= 11 is 1.66. The molecule has 2 fully saturated rings. The van der Waals surface area contributed by atoms with Gasteiger partial charge in [0.15, 0.2) is 28.5 Å². The van der Waals surface area contributed by atoms with Gasteiger partial charge in [-0.3, -0.25) is 15.1 Å². The predicted octanol–water partition coefficient (Wildman–Crippen LogP) is 4.10. The molecule has 7 aliphatic heterocycles. The van der Waals surface area contributed by atoms with Gasteiger partial charge in [-0.1, -0.05) is 6.07 Å². The van der Waals surface area contributed by atoms with Gasteiger partial charge >= 0.3 is 5.97 Å². The fourth-order valence-corrected chi connectivity index (χ4v) is 11.7. The number of methoxy groups -OCH3 is 1. The summed E-state index contributed by atoms with van der Waals surface area (Å²) in [5.74, 6) is 2.09. The van der Waals surface area contributed by atoms with Crippen molar-refractivity contribution >= 4 is 17.7 Å². The number of aromatic hydroxyl groups is 2. The third-order valence-electron chi connectivity index (χ3n) is 12.4. The summed E-state index contributed by atoms with van der Waals surface area (Å²) in [5, 5.41) is 38.4. The highest BCUT2D eigenvalue weighted by Crippen LogP contribution is 2.63. The van der Waals surface area contributed by atoms with E-state index in [0.717, 1.165) is 50.1 Å². The Bertz CT molecular complexity index is 1990. The van der Waals surface area contributed by atoms with E-state index in [4.69, 9.17) is 18.9 Å². The van der Waals surface area contributed by atoms with Gasteiger partial charge in [0.1, 0.15) is 18.6 Å². The molecule has 11 nitrogen and oxygen atoms in total. The average molecular weight is 702 g/mol. The van der Waals surface area contributed by atoms with Gasteiger partial charge in [-0.25, -0.2) is 4.79 Å². The molecule has 10 rings (SSSR count). The maximum atomic E-state index is 14.6. The van der Waals surface area contributed by atoms with Crippen molar-refractivity contribution in [3.63, 3.8) is 0 Å². The first kappa shape index (κ1) is 32.2. The number of esters is 1. The second-order valence-electron chi connectivity index (χ2n) is 14.7. The molecule has 50 heavy (non-hydrogen) atoms. The Morgan fingerprint density at radius 1 is 0.980 bits per heavy atom. The number of thioether (sulfide) groups is 1. The fraction of sp³-hybridized carbons (Fsp3) is 0.500. The van der Waals surface area contributed by atoms with Gasteiger partial charge < -0.3 is 34.3 Å². The van der Waals surface area contributed by atoms with E-state index in [2.05, 4.69) is 35.0 Å². The van der Waals surface area contributed by atoms with Crippen LogP contribution < -0.4 is 19.5 Å². The molecule has 3 aromatic carbocycles. The summed E-state index contributed by atoms with van der Waals surface area (Å²) in [7, 11) is 3.62. The Hall–Kier alpha value is -3.68. The van der Waals surface area contributed by atoms with Crippen LogP contribution in [0.5, 0.6) is 28.7 Å². The SMILES string of the molecule is COc1c(C)cc2c(c1O)[C@@H]1[C@@H]3[C@@H]4SC[C@]5(NCCc6cc(O)c(C)cc65)C(=O)OC[C@@H](c5c6c(c(C)c(C)c54)OCO6)N3[C@@H](O)[C@H](C2)N1C. The molecule has 7 aliphatic rings. The Morgan fingerprint density at radius 2 is 1.76 bits per heavy atom. The predicted molar refractivity (Wildman–Crippen MR) is 186 cm³/mol. The molecule has 7 heterocycles.